The normalized spacial score (nSPS) is 22.5. The zero-order chi connectivity index (χ0) is 18.9. The Kier molecular flexibility index (Phi) is 10.6. The average molecular weight is 499 g/mol. The molecular weight excluding hydrogens is 461 g/mol. The lowest BCUT2D eigenvalue weighted by Crippen LogP contribution is -2.46. The molecule has 1 aromatic carbocycles. The third-order valence-corrected chi connectivity index (χ3v) is 6.06. The van der Waals surface area contributed by atoms with Gasteiger partial charge >= 0.3 is 0 Å². The Morgan fingerprint density at radius 1 is 1.11 bits per heavy atom. The Morgan fingerprint density at radius 3 is 2.54 bits per heavy atom. The Labute approximate surface area is 188 Å². The number of nitrogens with one attached hydrogen (secondary N) is 2. The number of hydrogen-bond acceptors (Lipinski definition) is 3. The minimum Gasteiger partial charge on any atom is -0.356 e. The van der Waals surface area contributed by atoms with Gasteiger partial charge in [-0.05, 0) is 63.3 Å². The van der Waals surface area contributed by atoms with E-state index in [2.05, 4.69) is 62.7 Å². The molecule has 2 aliphatic rings. The van der Waals surface area contributed by atoms with E-state index >= 15 is 0 Å². The van der Waals surface area contributed by atoms with E-state index in [9.17, 15) is 0 Å². The quantitative estimate of drug-likeness (QED) is 0.343. The van der Waals surface area contributed by atoms with Crippen LogP contribution in [0, 0.1) is 5.92 Å². The fourth-order valence-electron chi connectivity index (χ4n) is 4.45. The molecule has 2 atom stereocenters. The maximum Gasteiger partial charge on any atom is 0.191 e. The first-order chi connectivity index (χ1) is 13.3. The number of aliphatic imine (C=N–C) groups is 1. The highest BCUT2D eigenvalue weighted by Crippen LogP contribution is 2.24. The van der Waals surface area contributed by atoms with Gasteiger partial charge in [-0.1, -0.05) is 37.3 Å². The number of hydrogen-bond donors (Lipinski definition) is 2. The average Bonchev–Trinajstić information content (AvgIpc) is 3.26. The summed E-state index contributed by atoms with van der Waals surface area (Å²) in [6.45, 7) is 10.2. The predicted octanol–water partition coefficient (Wildman–Crippen LogP) is 3.34. The van der Waals surface area contributed by atoms with Gasteiger partial charge in [-0.25, -0.2) is 0 Å². The number of piperidine rings is 1. The number of nitrogens with zero attached hydrogens (tertiary/aromatic N) is 3. The number of guanidine groups is 1. The number of rotatable bonds is 7. The molecule has 158 valence electrons. The number of benzene rings is 1. The van der Waals surface area contributed by atoms with Crippen molar-refractivity contribution in [3.05, 3.63) is 35.9 Å². The predicted molar refractivity (Wildman–Crippen MR) is 130 cm³/mol. The van der Waals surface area contributed by atoms with Gasteiger partial charge in [0.05, 0.1) is 6.04 Å². The topological polar surface area (TPSA) is 42.9 Å². The SMILES string of the molecule is CCN1CCCC(CNC(=NC)NCC(c2ccccc2)N2CCCC2)C1.I. The number of likely N-dealkylation sites (tertiary alicyclic amines) is 2. The van der Waals surface area contributed by atoms with Crippen LogP contribution in [0.25, 0.3) is 0 Å². The molecule has 2 unspecified atom stereocenters. The van der Waals surface area contributed by atoms with Crippen molar-refractivity contribution in [1.29, 1.82) is 0 Å². The van der Waals surface area contributed by atoms with E-state index in [1.54, 1.807) is 0 Å². The second kappa shape index (κ2) is 12.6. The summed E-state index contributed by atoms with van der Waals surface area (Å²) in [6.07, 6.45) is 5.26. The van der Waals surface area contributed by atoms with Gasteiger partial charge in [0.2, 0.25) is 0 Å². The van der Waals surface area contributed by atoms with Gasteiger partial charge in [0, 0.05) is 26.7 Å². The van der Waals surface area contributed by atoms with Crippen molar-refractivity contribution in [2.45, 2.75) is 38.6 Å². The van der Waals surface area contributed by atoms with E-state index in [-0.39, 0.29) is 24.0 Å². The molecule has 2 aliphatic heterocycles. The Morgan fingerprint density at radius 2 is 1.86 bits per heavy atom. The summed E-state index contributed by atoms with van der Waals surface area (Å²) in [5.41, 5.74) is 1.40. The largest absolute Gasteiger partial charge is 0.356 e. The summed E-state index contributed by atoms with van der Waals surface area (Å²) in [4.78, 5) is 9.63. The molecule has 0 aliphatic carbocycles. The van der Waals surface area contributed by atoms with Crippen LogP contribution in [0.4, 0.5) is 0 Å². The molecule has 0 amide bonds. The molecule has 2 heterocycles. The third-order valence-electron chi connectivity index (χ3n) is 6.06. The van der Waals surface area contributed by atoms with Crippen LogP contribution in [0.5, 0.6) is 0 Å². The first-order valence-corrected chi connectivity index (χ1v) is 10.8. The van der Waals surface area contributed by atoms with Gasteiger partial charge in [0.15, 0.2) is 5.96 Å². The lowest BCUT2D eigenvalue weighted by Gasteiger charge is -2.32. The van der Waals surface area contributed by atoms with E-state index in [4.69, 9.17) is 0 Å². The number of halogens is 1. The fraction of sp³-hybridized carbons (Fsp3) is 0.682. The summed E-state index contributed by atoms with van der Waals surface area (Å²) in [6, 6.07) is 11.3. The highest BCUT2D eigenvalue weighted by atomic mass is 127. The maximum atomic E-state index is 4.47. The van der Waals surface area contributed by atoms with Crippen LogP contribution in [-0.4, -0.2) is 68.6 Å². The molecule has 0 bridgehead atoms. The van der Waals surface area contributed by atoms with E-state index in [0.29, 0.717) is 6.04 Å². The second-order valence-electron chi connectivity index (χ2n) is 7.91. The smallest absolute Gasteiger partial charge is 0.191 e. The van der Waals surface area contributed by atoms with Crippen LogP contribution >= 0.6 is 24.0 Å². The van der Waals surface area contributed by atoms with Gasteiger partial charge in [-0.3, -0.25) is 9.89 Å². The van der Waals surface area contributed by atoms with Gasteiger partial charge < -0.3 is 15.5 Å². The van der Waals surface area contributed by atoms with Gasteiger partial charge in [-0.15, -0.1) is 24.0 Å². The molecule has 2 fully saturated rings. The van der Waals surface area contributed by atoms with Crippen molar-refractivity contribution in [1.82, 2.24) is 20.4 Å². The molecule has 0 saturated carbocycles. The van der Waals surface area contributed by atoms with E-state index < -0.39 is 0 Å². The lowest BCUT2D eigenvalue weighted by atomic mass is 9.98. The molecule has 2 saturated heterocycles. The summed E-state index contributed by atoms with van der Waals surface area (Å²) < 4.78 is 0. The second-order valence-corrected chi connectivity index (χ2v) is 7.91. The van der Waals surface area contributed by atoms with Gasteiger partial charge in [-0.2, -0.15) is 0 Å². The fourth-order valence-corrected chi connectivity index (χ4v) is 4.45. The Hall–Kier alpha value is -0.860. The molecule has 5 nitrogen and oxygen atoms in total. The van der Waals surface area contributed by atoms with Crippen molar-refractivity contribution < 1.29 is 0 Å². The minimum absolute atomic E-state index is 0. The summed E-state index contributed by atoms with van der Waals surface area (Å²) in [5, 5.41) is 7.17. The standard InChI is InChI=1S/C22H37N5.HI/c1-3-26-13-9-10-19(18-26)16-24-22(23-2)25-17-21(27-14-7-8-15-27)20-11-5-4-6-12-20;/h4-6,11-12,19,21H,3,7-10,13-18H2,1-2H3,(H2,23,24,25);1H. The zero-order valence-corrected chi connectivity index (χ0v) is 19.9. The van der Waals surface area contributed by atoms with Crippen LogP contribution in [0.2, 0.25) is 0 Å². The zero-order valence-electron chi connectivity index (χ0n) is 17.6. The Bertz CT molecular complexity index is 574. The van der Waals surface area contributed by atoms with Crippen LogP contribution < -0.4 is 10.6 Å². The molecule has 2 N–H and O–H groups in total. The maximum absolute atomic E-state index is 4.47. The summed E-state index contributed by atoms with van der Waals surface area (Å²) >= 11 is 0. The van der Waals surface area contributed by atoms with Crippen LogP contribution in [0.1, 0.15) is 44.2 Å². The molecule has 1 aromatic rings. The molecule has 0 radical (unpaired) electrons. The lowest BCUT2D eigenvalue weighted by molar-refractivity contribution is 0.183. The molecule has 3 rings (SSSR count). The molecule has 6 heteroatoms. The third kappa shape index (κ3) is 6.88. The van der Waals surface area contributed by atoms with Crippen molar-refractivity contribution in [2.75, 3.05) is 52.9 Å². The van der Waals surface area contributed by atoms with E-state index in [1.807, 2.05) is 7.05 Å². The molecule has 0 aromatic heterocycles. The van der Waals surface area contributed by atoms with Crippen molar-refractivity contribution in [3.63, 3.8) is 0 Å². The summed E-state index contributed by atoms with van der Waals surface area (Å²) in [7, 11) is 1.88. The van der Waals surface area contributed by atoms with Crippen molar-refractivity contribution in [3.8, 4) is 0 Å². The summed E-state index contributed by atoms with van der Waals surface area (Å²) in [5.74, 6) is 1.66. The first kappa shape index (κ1) is 23.4. The highest BCUT2D eigenvalue weighted by Gasteiger charge is 2.24. The highest BCUT2D eigenvalue weighted by molar-refractivity contribution is 14.0. The van der Waals surface area contributed by atoms with E-state index in [1.165, 1.54) is 57.4 Å². The first-order valence-electron chi connectivity index (χ1n) is 10.8. The Balaban J connectivity index is 0.00000280. The minimum atomic E-state index is 0. The van der Waals surface area contributed by atoms with Crippen LogP contribution in [0.3, 0.4) is 0 Å². The van der Waals surface area contributed by atoms with E-state index in [0.717, 1.165) is 31.5 Å². The molecular formula is C22H38IN5. The molecule has 28 heavy (non-hydrogen) atoms. The van der Waals surface area contributed by atoms with Gasteiger partial charge in [0.1, 0.15) is 0 Å². The monoisotopic (exact) mass is 499 g/mol. The molecule has 0 spiro atoms. The van der Waals surface area contributed by atoms with Crippen molar-refractivity contribution >= 4 is 29.9 Å². The van der Waals surface area contributed by atoms with Crippen LogP contribution in [-0.2, 0) is 0 Å². The van der Waals surface area contributed by atoms with Crippen LogP contribution in [0.15, 0.2) is 35.3 Å². The van der Waals surface area contributed by atoms with Crippen molar-refractivity contribution in [2.24, 2.45) is 10.9 Å². The van der Waals surface area contributed by atoms with Gasteiger partial charge in [0.25, 0.3) is 0 Å².